The topological polar surface area (TPSA) is 85.9 Å². The van der Waals surface area contributed by atoms with E-state index in [1.165, 1.54) is 7.11 Å². The number of carbonyl (C=O) groups excluding carboxylic acids is 2. The number of para-hydroxylation sites is 1. The SMILES string of the molecule is COc1cccc(C(=O)Nc2ccccc2C(=O)Nc2ccc3c(c2)OCO3)c1. The van der Waals surface area contributed by atoms with Crippen LogP contribution in [0.4, 0.5) is 11.4 Å². The highest BCUT2D eigenvalue weighted by atomic mass is 16.7. The van der Waals surface area contributed by atoms with Gasteiger partial charge in [0.1, 0.15) is 5.75 Å². The quantitative estimate of drug-likeness (QED) is 0.689. The van der Waals surface area contributed by atoms with E-state index in [-0.39, 0.29) is 18.6 Å². The number of rotatable bonds is 5. The molecule has 0 atom stereocenters. The van der Waals surface area contributed by atoms with Crippen molar-refractivity contribution in [1.82, 2.24) is 0 Å². The molecule has 0 radical (unpaired) electrons. The standard InChI is InChI=1S/C22H18N2O5/c1-27-16-6-4-5-14(11-16)21(25)24-18-8-3-2-7-17(18)22(26)23-15-9-10-19-20(12-15)29-13-28-19/h2-12H,13H2,1H3,(H,23,26)(H,24,25). The Morgan fingerprint density at radius 1 is 0.862 bits per heavy atom. The molecule has 2 amide bonds. The number of hydrogen-bond acceptors (Lipinski definition) is 5. The Labute approximate surface area is 167 Å². The molecule has 1 aliphatic rings. The molecule has 29 heavy (non-hydrogen) atoms. The second-order valence-corrected chi connectivity index (χ2v) is 6.25. The molecule has 4 rings (SSSR count). The van der Waals surface area contributed by atoms with Gasteiger partial charge in [0.15, 0.2) is 11.5 Å². The first-order chi connectivity index (χ1) is 14.1. The smallest absolute Gasteiger partial charge is 0.257 e. The third-order valence-corrected chi connectivity index (χ3v) is 4.38. The van der Waals surface area contributed by atoms with Gasteiger partial charge in [-0.15, -0.1) is 0 Å². The molecule has 0 bridgehead atoms. The van der Waals surface area contributed by atoms with Crippen LogP contribution in [-0.4, -0.2) is 25.7 Å². The normalized spacial score (nSPS) is 11.6. The predicted octanol–water partition coefficient (Wildman–Crippen LogP) is 3.93. The van der Waals surface area contributed by atoms with Gasteiger partial charge in [-0.3, -0.25) is 9.59 Å². The molecular formula is C22H18N2O5. The van der Waals surface area contributed by atoms with E-state index in [1.54, 1.807) is 66.7 Å². The van der Waals surface area contributed by atoms with Gasteiger partial charge in [-0.1, -0.05) is 18.2 Å². The zero-order valence-corrected chi connectivity index (χ0v) is 15.6. The van der Waals surface area contributed by atoms with Crippen molar-refractivity contribution in [2.45, 2.75) is 0 Å². The van der Waals surface area contributed by atoms with Crippen molar-refractivity contribution in [3.63, 3.8) is 0 Å². The van der Waals surface area contributed by atoms with Crippen molar-refractivity contribution < 1.29 is 23.8 Å². The summed E-state index contributed by atoms with van der Waals surface area (Å²) in [6, 6.07) is 18.7. The number of amides is 2. The van der Waals surface area contributed by atoms with Gasteiger partial charge in [0.2, 0.25) is 6.79 Å². The lowest BCUT2D eigenvalue weighted by molar-refractivity contribution is 0.102. The van der Waals surface area contributed by atoms with E-state index in [0.717, 1.165) is 0 Å². The molecule has 0 unspecified atom stereocenters. The molecular weight excluding hydrogens is 372 g/mol. The van der Waals surface area contributed by atoms with Crippen LogP contribution in [0.15, 0.2) is 66.7 Å². The highest BCUT2D eigenvalue weighted by molar-refractivity contribution is 6.12. The molecule has 0 saturated heterocycles. The molecule has 1 heterocycles. The minimum Gasteiger partial charge on any atom is -0.497 e. The summed E-state index contributed by atoms with van der Waals surface area (Å²) < 4.78 is 15.8. The lowest BCUT2D eigenvalue weighted by atomic mass is 10.1. The Bertz CT molecular complexity index is 1080. The van der Waals surface area contributed by atoms with E-state index < -0.39 is 0 Å². The van der Waals surface area contributed by atoms with Gasteiger partial charge in [0, 0.05) is 17.3 Å². The van der Waals surface area contributed by atoms with Gasteiger partial charge >= 0.3 is 0 Å². The number of ether oxygens (including phenoxy) is 3. The summed E-state index contributed by atoms with van der Waals surface area (Å²) >= 11 is 0. The number of hydrogen-bond donors (Lipinski definition) is 2. The number of methoxy groups -OCH3 is 1. The van der Waals surface area contributed by atoms with E-state index in [4.69, 9.17) is 14.2 Å². The van der Waals surface area contributed by atoms with Crippen LogP contribution < -0.4 is 24.8 Å². The number of benzene rings is 3. The van der Waals surface area contributed by atoms with Crippen molar-refractivity contribution in [2.75, 3.05) is 24.5 Å². The van der Waals surface area contributed by atoms with E-state index in [1.807, 2.05) is 0 Å². The van der Waals surface area contributed by atoms with E-state index in [9.17, 15) is 9.59 Å². The summed E-state index contributed by atoms with van der Waals surface area (Å²) in [7, 11) is 1.53. The van der Waals surface area contributed by atoms with Crippen molar-refractivity contribution in [3.05, 3.63) is 77.9 Å². The second kappa shape index (κ2) is 7.93. The molecule has 0 saturated carbocycles. The van der Waals surface area contributed by atoms with Gasteiger partial charge in [-0.25, -0.2) is 0 Å². The van der Waals surface area contributed by atoms with Crippen LogP contribution in [-0.2, 0) is 0 Å². The maximum absolute atomic E-state index is 12.8. The summed E-state index contributed by atoms with van der Waals surface area (Å²) in [4.78, 5) is 25.4. The van der Waals surface area contributed by atoms with E-state index in [0.29, 0.717) is 39.8 Å². The minimum atomic E-state index is -0.356. The Morgan fingerprint density at radius 2 is 1.69 bits per heavy atom. The van der Waals surface area contributed by atoms with Gasteiger partial charge in [-0.05, 0) is 42.5 Å². The van der Waals surface area contributed by atoms with Crippen LogP contribution in [0.5, 0.6) is 17.2 Å². The highest BCUT2D eigenvalue weighted by Crippen LogP contribution is 2.34. The molecule has 0 fully saturated rings. The molecule has 2 N–H and O–H groups in total. The average molecular weight is 390 g/mol. The Morgan fingerprint density at radius 3 is 2.55 bits per heavy atom. The fourth-order valence-corrected chi connectivity index (χ4v) is 2.92. The van der Waals surface area contributed by atoms with Gasteiger partial charge < -0.3 is 24.8 Å². The van der Waals surface area contributed by atoms with Crippen LogP contribution in [0.25, 0.3) is 0 Å². The van der Waals surface area contributed by atoms with E-state index >= 15 is 0 Å². The summed E-state index contributed by atoms with van der Waals surface area (Å²) in [5, 5.41) is 5.60. The summed E-state index contributed by atoms with van der Waals surface area (Å²) in [6.45, 7) is 0.159. The lowest BCUT2D eigenvalue weighted by Crippen LogP contribution is -2.18. The molecule has 0 aromatic heterocycles. The molecule has 0 spiro atoms. The number of fused-ring (bicyclic) bond motifs is 1. The van der Waals surface area contributed by atoms with Gasteiger partial charge in [0.05, 0.1) is 18.4 Å². The van der Waals surface area contributed by atoms with Crippen LogP contribution in [0, 0.1) is 0 Å². The highest BCUT2D eigenvalue weighted by Gasteiger charge is 2.17. The predicted molar refractivity (Wildman–Crippen MR) is 108 cm³/mol. The van der Waals surface area contributed by atoms with Crippen LogP contribution >= 0.6 is 0 Å². The van der Waals surface area contributed by atoms with Crippen molar-refractivity contribution in [3.8, 4) is 17.2 Å². The van der Waals surface area contributed by atoms with Crippen LogP contribution in [0.1, 0.15) is 20.7 Å². The van der Waals surface area contributed by atoms with Crippen molar-refractivity contribution in [1.29, 1.82) is 0 Å². The monoisotopic (exact) mass is 390 g/mol. The minimum absolute atomic E-state index is 0.159. The largest absolute Gasteiger partial charge is 0.497 e. The van der Waals surface area contributed by atoms with Crippen molar-refractivity contribution >= 4 is 23.2 Å². The molecule has 3 aromatic carbocycles. The Balaban J connectivity index is 1.53. The van der Waals surface area contributed by atoms with Gasteiger partial charge in [0.25, 0.3) is 11.8 Å². The first-order valence-electron chi connectivity index (χ1n) is 8.89. The molecule has 0 aliphatic carbocycles. The molecule has 7 heteroatoms. The summed E-state index contributed by atoms with van der Waals surface area (Å²) in [5.74, 6) is 1.08. The third-order valence-electron chi connectivity index (χ3n) is 4.38. The number of nitrogens with one attached hydrogen (secondary N) is 2. The van der Waals surface area contributed by atoms with Crippen LogP contribution in [0.2, 0.25) is 0 Å². The fourth-order valence-electron chi connectivity index (χ4n) is 2.92. The van der Waals surface area contributed by atoms with Crippen LogP contribution in [0.3, 0.4) is 0 Å². The van der Waals surface area contributed by atoms with Gasteiger partial charge in [-0.2, -0.15) is 0 Å². The molecule has 146 valence electrons. The Kier molecular flexibility index (Phi) is 5.03. The van der Waals surface area contributed by atoms with Crippen molar-refractivity contribution in [2.24, 2.45) is 0 Å². The maximum Gasteiger partial charge on any atom is 0.257 e. The fraction of sp³-hybridized carbons (Fsp3) is 0.0909. The zero-order valence-electron chi connectivity index (χ0n) is 15.6. The molecule has 7 nitrogen and oxygen atoms in total. The number of anilines is 2. The average Bonchev–Trinajstić information content (AvgIpc) is 3.22. The second-order valence-electron chi connectivity index (χ2n) is 6.25. The summed E-state index contributed by atoms with van der Waals surface area (Å²) in [6.07, 6.45) is 0. The third kappa shape index (κ3) is 3.98. The Hall–Kier alpha value is -4.00. The molecule has 1 aliphatic heterocycles. The lowest BCUT2D eigenvalue weighted by Gasteiger charge is -2.12. The van der Waals surface area contributed by atoms with E-state index in [2.05, 4.69) is 10.6 Å². The zero-order chi connectivity index (χ0) is 20.2. The first-order valence-corrected chi connectivity index (χ1v) is 8.89. The summed E-state index contributed by atoms with van der Waals surface area (Å²) in [5.41, 5.74) is 1.73. The maximum atomic E-state index is 12.8. The first kappa shape index (κ1) is 18.4. The molecule has 3 aromatic rings. The number of carbonyl (C=O) groups is 2.